The molecule has 4 rings (SSSR count). The summed E-state index contributed by atoms with van der Waals surface area (Å²) in [7, 11) is 0. The Morgan fingerprint density at radius 2 is 1.72 bits per heavy atom. The van der Waals surface area contributed by atoms with Gasteiger partial charge in [0.05, 0.1) is 5.56 Å². The lowest BCUT2D eigenvalue weighted by Crippen LogP contribution is -2.55. The van der Waals surface area contributed by atoms with Crippen molar-refractivity contribution in [1.82, 2.24) is 4.90 Å². The Morgan fingerprint density at radius 3 is 2.41 bits per heavy atom. The molecule has 2 aliphatic heterocycles. The fourth-order valence-electron chi connectivity index (χ4n) is 4.31. The lowest BCUT2D eigenvalue weighted by atomic mass is 9.88. The first kappa shape index (κ1) is 19.5. The van der Waals surface area contributed by atoms with Crippen LogP contribution in [0.4, 0.5) is 0 Å². The van der Waals surface area contributed by atoms with E-state index in [1.165, 1.54) is 0 Å². The van der Waals surface area contributed by atoms with E-state index >= 15 is 0 Å². The summed E-state index contributed by atoms with van der Waals surface area (Å²) >= 11 is 0. The molecule has 0 spiro atoms. The van der Waals surface area contributed by atoms with Crippen LogP contribution in [0.15, 0.2) is 42.5 Å². The first-order valence-electron chi connectivity index (χ1n) is 10.2. The van der Waals surface area contributed by atoms with Gasteiger partial charge in [0, 0.05) is 32.4 Å². The summed E-state index contributed by atoms with van der Waals surface area (Å²) in [6, 6.07) is 13.5. The number of para-hydroxylation sites is 1. The van der Waals surface area contributed by atoms with Crippen molar-refractivity contribution in [3.8, 4) is 5.75 Å². The third-order valence-corrected chi connectivity index (χ3v) is 5.96. The minimum Gasteiger partial charge on any atom is -0.490 e. The van der Waals surface area contributed by atoms with Crippen LogP contribution in [-0.2, 0) is 16.0 Å². The number of likely N-dealkylation sites (tertiary alicyclic amines) is 1. The topological polar surface area (TPSA) is 55.8 Å². The number of aryl methyl sites for hydroxylation is 2. The largest absolute Gasteiger partial charge is 0.490 e. The number of benzene rings is 2. The van der Waals surface area contributed by atoms with Gasteiger partial charge in [-0.1, -0.05) is 36.4 Å². The molecule has 0 aromatic heterocycles. The Hall–Kier alpha value is -2.82. The van der Waals surface area contributed by atoms with E-state index in [4.69, 9.17) is 9.47 Å². The summed E-state index contributed by atoms with van der Waals surface area (Å²) in [5.41, 5.74) is 2.53. The van der Waals surface area contributed by atoms with Gasteiger partial charge >= 0.3 is 5.97 Å². The molecule has 5 heteroatoms. The normalized spacial score (nSPS) is 22.0. The Balaban J connectivity index is 1.41. The molecular formula is C24H27NO4. The number of ether oxygens (including phenoxy) is 2. The summed E-state index contributed by atoms with van der Waals surface area (Å²) in [4.78, 5) is 27.4. The molecule has 0 aliphatic carbocycles. The lowest BCUT2D eigenvalue weighted by molar-refractivity contribution is -0.153. The van der Waals surface area contributed by atoms with Crippen LogP contribution in [0.2, 0.25) is 0 Å². The van der Waals surface area contributed by atoms with Gasteiger partial charge in [-0.25, -0.2) is 4.79 Å². The highest BCUT2D eigenvalue weighted by atomic mass is 16.6. The van der Waals surface area contributed by atoms with E-state index in [2.05, 4.69) is 26.0 Å². The van der Waals surface area contributed by atoms with Crippen LogP contribution in [0.1, 0.15) is 46.8 Å². The van der Waals surface area contributed by atoms with Crippen LogP contribution in [0.5, 0.6) is 5.75 Å². The molecule has 2 aromatic carbocycles. The highest BCUT2D eigenvalue weighted by Gasteiger charge is 2.45. The van der Waals surface area contributed by atoms with E-state index in [0.717, 1.165) is 35.3 Å². The van der Waals surface area contributed by atoms with Gasteiger partial charge in [-0.15, -0.1) is 0 Å². The molecular weight excluding hydrogens is 366 g/mol. The molecule has 152 valence electrons. The molecule has 0 N–H and O–H groups in total. The number of fused-ring (bicyclic) bond motifs is 1. The zero-order chi connectivity index (χ0) is 20.6. The Bertz CT molecular complexity index is 925. The molecule has 0 radical (unpaired) electrons. The van der Waals surface area contributed by atoms with Crippen LogP contribution in [-0.4, -0.2) is 41.6 Å². The first-order valence-corrected chi connectivity index (χ1v) is 10.2. The van der Waals surface area contributed by atoms with Crippen LogP contribution < -0.4 is 4.74 Å². The standard InChI is InChI=1S/C24H27NO4/c1-16-7-6-8-17(2)21(16)28-19-11-13-25(14-12-19)23(27)24(3)15-18-9-4-5-10-20(18)22(26)29-24/h4-10,19H,11-15H2,1-3H3. The van der Waals surface area contributed by atoms with Crippen molar-refractivity contribution < 1.29 is 19.1 Å². The van der Waals surface area contributed by atoms with E-state index in [0.29, 0.717) is 25.1 Å². The van der Waals surface area contributed by atoms with E-state index in [-0.39, 0.29) is 12.0 Å². The molecule has 1 saturated heterocycles. The van der Waals surface area contributed by atoms with Gasteiger partial charge in [0.1, 0.15) is 11.9 Å². The van der Waals surface area contributed by atoms with Crippen LogP contribution in [0.25, 0.3) is 0 Å². The predicted molar refractivity (Wildman–Crippen MR) is 110 cm³/mol. The molecule has 2 aliphatic rings. The highest BCUT2D eigenvalue weighted by molar-refractivity contribution is 5.97. The van der Waals surface area contributed by atoms with Crippen molar-refractivity contribution in [2.45, 2.75) is 51.7 Å². The zero-order valence-electron chi connectivity index (χ0n) is 17.2. The van der Waals surface area contributed by atoms with Crippen molar-refractivity contribution in [3.63, 3.8) is 0 Å². The van der Waals surface area contributed by atoms with Crippen molar-refractivity contribution in [2.24, 2.45) is 0 Å². The van der Waals surface area contributed by atoms with Crippen LogP contribution in [0, 0.1) is 13.8 Å². The van der Waals surface area contributed by atoms with Crippen molar-refractivity contribution in [1.29, 1.82) is 0 Å². The maximum Gasteiger partial charge on any atom is 0.339 e. The van der Waals surface area contributed by atoms with Gasteiger partial charge in [-0.05, 0) is 43.5 Å². The summed E-state index contributed by atoms with van der Waals surface area (Å²) in [5, 5.41) is 0. The van der Waals surface area contributed by atoms with Gasteiger partial charge in [0.25, 0.3) is 5.91 Å². The number of carbonyl (C=O) groups excluding carboxylic acids is 2. The molecule has 0 saturated carbocycles. The third-order valence-electron chi connectivity index (χ3n) is 5.96. The average Bonchev–Trinajstić information content (AvgIpc) is 2.71. The zero-order valence-corrected chi connectivity index (χ0v) is 17.2. The number of piperidine rings is 1. The number of hydrogen-bond donors (Lipinski definition) is 0. The minimum atomic E-state index is -1.15. The third kappa shape index (κ3) is 3.74. The second-order valence-corrected chi connectivity index (χ2v) is 8.28. The second-order valence-electron chi connectivity index (χ2n) is 8.28. The Kier molecular flexibility index (Phi) is 5.07. The Morgan fingerprint density at radius 1 is 1.07 bits per heavy atom. The molecule has 29 heavy (non-hydrogen) atoms. The summed E-state index contributed by atoms with van der Waals surface area (Å²) < 4.78 is 11.9. The molecule has 1 amide bonds. The molecule has 1 atom stereocenters. The number of cyclic esters (lactones) is 1. The summed E-state index contributed by atoms with van der Waals surface area (Å²) in [5.74, 6) is 0.406. The summed E-state index contributed by atoms with van der Waals surface area (Å²) in [6.45, 7) is 7.03. The fraction of sp³-hybridized carbons (Fsp3) is 0.417. The van der Waals surface area contributed by atoms with Crippen LogP contribution in [0.3, 0.4) is 0 Å². The number of hydrogen-bond acceptors (Lipinski definition) is 4. The molecule has 2 heterocycles. The first-order chi connectivity index (χ1) is 13.9. The number of carbonyl (C=O) groups is 2. The van der Waals surface area contributed by atoms with Gasteiger partial charge in [0.2, 0.25) is 0 Å². The molecule has 5 nitrogen and oxygen atoms in total. The van der Waals surface area contributed by atoms with Crippen molar-refractivity contribution in [3.05, 3.63) is 64.7 Å². The fourth-order valence-corrected chi connectivity index (χ4v) is 4.31. The van der Waals surface area contributed by atoms with E-state index < -0.39 is 11.6 Å². The number of amides is 1. The van der Waals surface area contributed by atoms with Gasteiger partial charge in [-0.2, -0.15) is 0 Å². The van der Waals surface area contributed by atoms with Crippen molar-refractivity contribution >= 4 is 11.9 Å². The highest BCUT2D eigenvalue weighted by Crippen LogP contribution is 2.31. The number of rotatable bonds is 3. The summed E-state index contributed by atoms with van der Waals surface area (Å²) in [6.07, 6.45) is 2.02. The second kappa shape index (κ2) is 7.54. The van der Waals surface area contributed by atoms with E-state index in [1.54, 1.807) is 13.0 Å². The number of esters is 1. The van der Waals surface area contributed by atoms with E-state index in [9.17, 15) is 9.59 Å². The maximum absolute atomic E-state index is 13.2. The minimum absolute atomic E-state index is 0.0845. The molecule has 2 aromatic rings. The number of nitrogens with zero attached hydrogens (tertiary/aromatic N) is 1. The van der Waals surface area contributed by atoms with Crippen LogP contribution >= 0.6 is 0 Å². The molecule has 1 unspecified atom stereocenters. The molecule has 1 fully saturated rings. The Labute approximate surface area is 171 Å². The predicted octanol–water partition coefficient (Wildman–Crippen LogP) is 3.85. The lowest BCUT2D eigenvalue weighted by Gasteiger charge is -2.40. The van der Waals surface area contributed by atoms with Crippen molar-refractivity contribution in [2.75, 3.05) is 13.1 Å². The maximum atomic E-state index is 13.2. The van der Waals surface area contributed by atoms with Gasteiger partial charge in [0.15, 0.2) is 5.60 Å². The smallest absolute Gasteiger partial charge is 0.339 e. The van der Waals surface area contributed by atoms with Gasteiger partial charge < -0.3 is 14.4 Å². The monoisotopic (exact) mass is 393 g/mol. The SMILES string of the molecule is Cc1cccc(C)c1OC1CCN(C(=O)C2(C)Cc3ccccc3C(=O)O2)CC1. The molecule has 0 bridgehead atoms. The van der Waals surface area contributed by atoms with E-state index in [1.807, 2.05) is 29.2 Å². The quantitative estimate of drug-likeness (QED) is 0.744. The van der Waals surface area contributed by atoms with Gasteiger partial charge in [-0.3, -0.25) is 4.79 Å². The average molecular weight is 393 g/mol.